The normalized spacial score (nSPS) is 13.5. The maximum Gasteiger partial charge on any atom is 0.271 e. The molecule has 0 saturated carbocycles. The third-order valence-electron chi connectivity index (χ3n) is 5.42. The number of benzene rings is 2. The smallest absolute Gasteiger partial charge is 0.271 e. The number of aromatic amines is 1. The Kier molecular flexibility index (Phi) is 6.06. The lowest BCUT2D eigenvalue weighted by molar-refractivity contribution is -0.121. The van der Waals surface area contributed by atoms with Gasteiger partial charge in [-0.05, 0) is 55.0 Å². The van der Waals surface area contributed by atoms with Crippen molar-refractivity contribution in [3.8, 4) is 0 Å². The summed E-state index contributed by atoms with van der Waals surface area (Å²) in [5.74, 6) is -0.957. The monoisotopic (exact) mass is 440 g/mol. The summed E-state index contributed by atoms with van der Waals surface area (Å²) in [6.07, 6.45) is 5.51. The van der Waals surface area contributed by atoms with Crippen molar-refractivity contribution in [1.29, 1.82) is 0 Å². The molecule has 4 rings (SSSR count). The van der Waals surface area contributed by atoms with Crippen molar-refractivity contribution in [3.05, 3.63) is 65.4 Å². The number of carbonyl (C=O) groups excluding carboxylic acids is 2. The van der Waals surface area contributed by atoms with Crippen molar-refractivity contribution in [2.75, 3.05) is 6.54 Å². The molecule has 0 aliphatic heterocycles. The molecule has 0 bridgehead atoms. The number of aromatic nitrogens is 1. The van der Waals surface area contributed by atoms with Crippen LogP contribution in [0.2, 0.25) is 0 Å². The van der Waals surface area contributed by atoms with Crippen LogP contribution in [-0.2, 0) is 27.7 Å². The van der Waals surface area contributed by atoms with E-state index in [1.807, 2.05) is 24.3 Å². The second-order valence-electron chi connectivity index (χ2n) is 7.54. The number of H-pyrrole nitrogens is 1. The first-order chi connectivity index (χ1) is 14.9. The quantitative estimate of drug-likeness (QED) is 0.439. The Morgan fingerprint density at radius 1 is 0.968 bits per heavy atom. The van der Waals surface area contributed by atoms with Crippen molar-refractivity contribution in [2.45, 2.75) is 37.0 Å². The molecule has 1 aliphatic carbocycles. The molecule has 0 spiro atoms. The predicted molar refractivity (Wildman–Crippen MR) is 117 cm³/mol. The minimum atomic E-state index is -3.70. The van der Waals surface area contributed by atoms with Crippen molar-refractivity contribution in [2.24, 2.45) is 0 Å². The van der Waals surface area contributed by atoms with Crippen LogP contribution in [0.4, 0.5) is 0 Å². The summed E-state index contributed by atoms with van der Waals surface area (Å²) in [5, 5.41) is 0.743. The maximum absolute atomic E-state index is 12.5. The standard InChI is InChI=1S/C22H24N4O4S/c27-21(25-26-22(28)19-14-23-20-8-4-3-7-18(19)20)11-12-24-31(29,30)17-10-9-15-5-1-2-6-16(15)13-17/h3-4,7-10,13-14,23-24H,1-2,5-6,11-12H2,(H,25,27)(H,26,28). The van der Waals surface area contributed by atoms with Crippen LogP contribution in [0.25, 0.3) is 10.9 Å². The van der Waals surface area contributed by atoms with Gasteiger partial charge in [0.25, 0.3) is 5.91 Å². The van der Waals surface area contributed by atoms with Crippen molar-refractivity contribution >= 4 is 32.7 Å². The summed E-state index contributed by atoms with van der Waals surface area (Å²) in [5.41, 5.74) is 8.17. The average molecular weight is 441 g/mol. The lowest BCUT2D eigenvalue weighted by Gasteiger charge is -2.16. The molecule has 3 aromatic rings. The van der Waals surface area contributed by atoms with E-state index in [4.69, 9.17) is 0 Å². The van der Waals surface area contributed by atoms with Crippen molar-refractivity contribution in [1.82, 2.24) is 20.6 Å². The number of rotatable bonds is 6. The maximum atomic E-state index is 12.5. The van der Waals surface area contributed by atoms with Gasteiger partial charge in [-0.25, -0.2) is 13.1 Å². The Balaban J connectivity index is 1.27. The minimum absolute atomic E-state index is 0.0752. The van der Waals surface area contributed by atoms with Crippen LogP contribution in [0.5, 0.6) is 0 Å². The number of hydrogen-bond donors (Lipinski definition) is 4. The fourth-order valence-electron chi connectivity index (χ4n) is 3.77. The Morgan fingerprint density at radius 2 is 1.74 bits per heavy atom. The molecule has 2 amide bonds. The number of para-hydroxylation sites is 1. The summed E-state index contributed by atoms with van der Waals surface area (Å²) < 4.78 is 27.5. The van der Waals surface area contributed by atoms with Gasteiger partial charge >= 0.3 is 0 Å². The number of fused-ring (bicyclic) bond motifs is 2. The number of hydrazine groups is 1. The second-order valence-corrected chi connectivity index (χ2v) is 9.30. The van der Waals surface area contributed by atoms with Crippen LogP contribution < -0.4 is 15.6 Å². The molecule has 0 atom stereocenters. The van der Waals surface area contributed by atoms with Gasteiger partial charge in [-0.1, -0.05) is 24.3 Å². The fourth-order valence-corrected chi connectivity index (χ4v) is 4.86. The molecular formula is C22H24N4O4S. The van der Waals surface area contributed by atoms with Crippen LogP contribution in [-0.4, -0.2) is 31.8 Å². The SMILES string of the molecule is O=C(CCNS(=O)(=O)c1ccc2c(c1)CCCC2)NNC(=O)c1c[nH]c2ccccc12. The molecule has 1 heterocycles. The Bertz CT molecular complexity index is 1230. The van der Waals surface area contributed by atoms with Crippen LogP contribution in [0.15, 0.2) is 53.6 Å². The van der Waals surface area contributed by atoms with Crippen LogP contribution in [0.1, 0.15) is 40.7 Å². The van der Waals surface area contributed by atoms with E-state index in [0.29, 0.717) is 5.56 Å². The lowest BCUT2D eigenvalue weighted by atomic mass is 9.92. The Morgan fingerprint density at radius 3 is 2.58 bits per heavy atom. The second kappa shape index (κ2) is 8.91. The zero-order chi connectivity index (χ0) is 21.8. The fraction of sp³-hybridized carbons (Fsp3) is 0.273. The summed E-state index contributed by atoms with van der Waals surface area (Å²) in [7, 11) is -3.70. The molecule has 0 saturated heterocycles. The molecule has 31 heavy (non-hydrogen) atoms. The minimum Gasteiger partial charge on any atom is -0.360 e. The first-order valence-corrected chi connectivity index (χ1v) is 11.7. The molecule has 162 valence electrons. The Hall–Kier alpha value is -3.17. The summed E-state index contributed by atoms with van der Waals surface area (Å²) >= 11 is 0. The van der Waals surface area contributed by atoms with Gasteiger partial charge in [-0.3, -0.25) is 20.4 Å². The van der Waals surface area contributed by atoms with E-state index in [1.54, 1.807) is 24.4 Å². The number of hydrogen-bond acceptors (Lipinski definition) is 4. The predicted octanol–water partition coefficient (Wildman–Crippen LogP) is 2.18. The highest BCUT2D eigenvalue weighted by molar-refractivity contribution is 7.89. The molecule has 9 heteroatoms. The number of nitrogens with one attached hydrogen (secondary N) is 4. The van der Waals surface area contributed by atoms with Crippen molar-refractivity contribution in [3.63, 3.8) is 0 Å². The average Bonchev–Trinajstić information content (AvgIpc) is 3.21. The molecule has 2 aromatic carbocycles. The lowest BCUT2D eigenvalue weighted by Crippen LogP contribution is -2.42. The highest BCUT2D eigenvalue weighted by Gasteiger charge is 2.18. The van der Waals surface area contributed by atoms with Gasteiger partial charge < -0.3 is 4.98 Å². The van der Waals surface area contributed by atoms with Crippen molar-refractivity contribution < 1.29 is 18.0 Å². The highest BCUT2D eigenvalue weighted by Crippen LogP contribution is 2.24. The molecular weight excluding hydrogens is 416 g/mol. The summed E-state index contributed by atoms with van der Waals surface area (Å²) in [4.78, 5) is 27.5. The van der Waals surface area contributed by atoms with Gasteiger partial charge in [0.2, 0.25) is 15.9 Å². The zero-order valence-corrected chi connectivity index (χ0v) is 17.7. The molecule has 8 nitrogen and oxygen atoms in total. The van der Waals surface area contributed by atoms with E-state index in [2.05, 4.69) is 20.6 Å². The van der Waals surface area contributed by atoms with Gasteiger partial charge in [0.05, 0.1) is 10.5 Å². The number of amides is 2. The van der Waals surface area contributed by atoms with E-state index in [-0.39, 0.29) is 17.9 Å². The number of aryl methyl sites for hydroxylation is 2. The summed E-state index contributed by atoms with van der Waals surface area (Å²) in [6, 6.07) is 12.5. The zero-order valence-electron chi connectivity index (χ0n) is 16.9. The number of carbonyl (C=O) groups is 2. The van der Waals surface area contributed by atoms with Gasteiger partial charge in [-0.15, -0.1) is 0 Å². The summed E-state index contributed by atoms with van der Waals surface area (Å²) in [6.45, 7) is -0.0752. The molecule has 0 fully saturated rings. The molecule has 0 unspecified atom stereocenters. The van der Waals surface area contributed by atoms with E-state index in [0.717, 1.165) is 42.1 Å². The van der Waals surface area contributed by atoms with Crippen LogP contribution in [0.3, 0.4) is 0 Å². The first kappa shape index (κ1) is 21.1. The van der Waals surface area contributed by atoms with Gasteiger partial charge in [0, 0.05) is 30.1 Å². The Labute approximate surface area is 180 Å². The number of sulfonamides is 1. The molecule has 1 aliphatic rings. The molecule has 0 radical (unpaired) electrons. The van der Waals surface area contributed by atoms with Gasteiger partial charge in [0.15, 0.2) is 0 Å². The van der Waals surface area contributed by atoms with Gasteiger partial charge in [0.1, 0.15) is 0 Å². The van der Waals surface area contributed by atoms with Crippen LogP contribution in [0, 0.1) is 0 Å². The van der Waals surface area contributed by atoms with E-state index < -0.39 is 21.8 Å². The topological polar surface area (TPSA) is 120 Å². The first-order valence-electron chi connectivity index (χ1n) is 10.2. The molecule has 1 aromatic heterocycles. The van der Waals surface area contributed by atoms with E-state index >= 15 is 0 Å². The third kappa shape index (κ3) is 4.78. The highest BCUT2D eigenvalue weighted by atomic mass is 32.2. The largest absolute Gasteiger partial charge is 0.360 e. The van der Waals surface area contributed by atoms with Gasteiger partial charge in [-0.2, -0.15) is 0 Å². The van der Waals surface area contributed by atoms with E-state index in [9.17, 15) is 18.0 Å². The van der Waals surface area contributed by atoms with Crippen LogP contribution >= 0.6 is 0 Å². The molecule has 4 N–H and O–H groups in total. The third-order valence-corrected chi connectivity index (χ3v) is 6.88. The van der Waals surface area contributed by atoms with E-state index in [1.165, 1.54) is 5.56 Å².